The van der Waals surface area contributed by atoms with Crippen LogP contribution in [0.15, 0.2) is 24.3 Å². The Bertz CT molecular complexity index is 790. The standard InChI is InChI=1S/C19H22F2N4O.ClH/c1-11-9-12(2)23-19(22-11)25-15-6-4-14(5-7-15)24-18(26)13-3-8-16(20)17(21)10-13;/h3,8-10,14-15H,4-7H2,1-2H3,(H,24,26)(H,22,23,25);1H/t14-,15+;. The molecular formula is C19H23ClF2N4O. The Morgan fingerprint density at radius 2 is 1.56 bits per heavy atom. The summed E-state index contributed by atoms with van der Waals surface area (Å²) in [6.07, 6.45) is 3.36. The molecule has 0 saturated heterocycles. The molecule has 0 bridgehead atoms. The summed E-state index contributed by atoms with van der Waals surface area (Å²) >= 11 is 0. The molecule has 0 spiro atoms. The van der Waals surface area contributed by atoms with Crippen LogP contribution in [0.1, 0.15) is 47.4 Å². The molecule has 1 amide bonds. The van der Waals surface area contributed by atoms with Crippen LogP contribution in [-0.2, 0) is 0 Å². The second-order valence-corrected chi connectivity index (χ2v) is 6.77. The molecule has 2 aromatic rings. The molecule has 5 nitrogen and oxygen atoms in total. The molecule has 1 saturated carbocycles. The minimum Gasteiger partial charge on any atom is -0.351 e. The van der Waals surface area contributed by atoms with Crippen LogP contribution in [0, 0.1) is 25.5 Å². The summed E-state index contributed by atoms with van der Waals surface area (Å²) in [5.74, 6) is -1.71. The first-order valence-corrected chi connectivity index (χ1v) is 8.75. The van der Waals surface area contributed by atoms with Gasteiger partial charge in [0.2, 0.25) is 5.95 Å². The Balaban J connectivity index is 0.00000261. The van der Waals surface area contributed by atoms with Crippen LogP contribution in [0.5, 0.6) is 0 Å². The van der Waals surface area contributed by atoms with Crippen molar-refractivity contribution in [1.82, 2.24) is 15.3 Å². The van der Waals surface area contributed by atoms with Gasteiger partial charge in [0, 0.05) is 29.0 Å². The number of nitrogens with one attached hydrogen (secondary N) is 2. The van der Waals surface area contributed by atoms with Crippen LogP contribution in [0.3, 0.4) is 0 Å². The number of anilines is 1. The van der Waals surface area contributed by atoms with E-state index in [-0.39, 0.29) is 36.0 Å². The van der Waals surface area contributed by atoms with Gasteiger partial charge in [-0.3, -0.25) is 4.79 Å². The normalized spacial score (nSPS) is 19.1. The quantitative estimate of drug-likeness (QED) is 0.821. The van der Waals surface area contributed by atoms with Gasteiger partial charge in [-0.25, -0.2) is 18.7 Å². The number of amides is 1. The fourth-order valence-electron chi connectivity index (χ4n) is 3.26. The molecule has 1 heterocycles. The van der Waals surface area contributed by atoms with Crippen molar-refractivity contribution in [2.24, 2.45) is 0 Å². The molecule has 0 radical (unpaired) electrons. The van der Waals surface area contributed by atoms with Gasteiger partial charge >= 0.3 is 0 Å². The van der Waals surface area contributed by atoms with E-state index >= 15 is 0 Å². The third kappa shape index (κ3) is 5.60. The first-order valence-electron chi connectivity index (χ1n) is 8.75. The minimum atomic E-state index is -1.01. The predicted octanol–water partition coefficient (Wildman–Crippen LogP) is 3.95. The van der Waals surface area contributed by atoms with Gasteiger partial charge in [-0.1, -0.05) is 0 Å². The fraction of sp³-hybridized carbons (Fsp3) is 0.421. The molecule has 1 aliphatic rings. The lowest BCUT2D eigenvalue weighted by Gasteiger charge is -2.29. The van der Waals surface area contributed by atoms with Crippen molar-refractivity contribution < 1.29 is 13.6 Å². The van der Waals surface area contributed by atoms with Crippen molar-refractivity contribution in [3.8, 4) is 0 Å². The van der Waals surface area contributed by atoms with Crippen LogP contribution >= 0.6 is 12.4 Å². The molecule has 1 fully saturated rings. The minimum absolute atomic E-state index is 0. The highest BCUT2D eigenvalue weighted by Gasteiger charge is 2.23. The number of benzene rings is 1. The van der Waals surface area contributed by atoms with E-state index in [4.69, 9.17) is 0 Å². The molecule has 2 N–H and O–H groups in total. The Hall–Kier alpha value is -2.28. The number of hydrogen-bond acceptors (Lipinski definition) is 4. The van der Waals surface area contributed by atoms with Crippen LogP contribution in [0.25, 0.3) is 0 Å². The van der Waals surface area contributed by atoms with E-state index in [1.165, 1.54) is 6.07 Å². The average Bonchev–Trinajstić information content (AvgIpc) is 2.58. The first kappa shape index (κ1) is 21.0. The topological polar surface area (TPSA) is 66.9 Å². The van der Waals surface area contributed by atoms with Gasteiger partial charge < -0.3 is 10.6 Å². The zero-order valence-corrected chi connectivity index (χ0v) is 16.1. The van der Waals surface area contributed by atoms with E-state index in [0.29, 0.717) is 5.95 Å². The second-order valence-electron chi connectivity index (χ2n) is 6.77. The molecule has 3 rings (SSSR count). The molecule has 0 atom stereocenters. The van der Waals surface area contributed by atoms with E-state index in [9.17, 15) is 13.6 Å². The average molecular weight is 397 g/mol. The number of aryl methyl sites for hydroxylation is 2. The summed E-state index contributed by atoms with van der Waals surface area (Å²) in [4.78, 5) is 21.0. The van der Waals surface area contributed by atoms with Crippen molar-refractivity contribution in [2.45, 2.75) is 51.6 Å². The SMILES string of the molecule is Cc1cc(C)nc(N[C@H]2CC[C@@H](NC(=O)c3ccc(F)c(F)c3)CC2)n1.Cl. The van der Waals surface area contributed by atoms with E-state index in [1.54, 1.807) is 0 Å². The van der Waals surface area contributed by atoms with Crippen LogP contribution in [0.2, 0.25) is 0 Å². The maximum atomic E-state index is 13.3. The van der Waals surface area contributed by atoms with Gasteiger partial charge in [-0.2, -0.15) is 0 Å². The van der Waals surface area contributed by atoms with Gasteiger partial charge in [-0.05, 0) is 63.8 Å². The molecule has 0 aliphatic heterocycles. The number of hydrogen-bond donors (Lipinski definition) is 2. The number of aromatic nitrogens is 2. The molecular weight excluding hydrogens is 374 g/mol. The lowest BCUT2D eigenvalue weighted by atomic mass is 9.91. The molecule has 27 heavy (non-hydrogen) atoms. The van der Waals surface area contributed by atoms with E-state index in [1.807, 2.05) is 19.9 Å². The zero-order chi connectivity index (χ0) is 18.7. The van der Waals surface area contributed by atoms with Gasteiger partial charge in [0.15, 0.2) is 11.6 Å². The highest BCUT2D eigenvalue weighted by atomic mass is 35.5. The summed E-state index contributed by atoms with van der Waals surface area (Å²) in [7, 11) is 0. The summed E-state index contributed by atoms with van der Waals surface area (Å²) in [6, 6.07) is 5.39. The van der Waals surface area contributed by atoms with Crippen molar-refractivity contribution >= 4 is 24.3 Å². The van der Waals surface area contributed by atoms with Crippen LogP contribution in [0.4, 0.5) is 14.7 Å². The molecule has 1 aliphatic carbocycles. The van der Waals surface area contributed by atoms with Crippen molar-refractivity contribution in [3.05, 3.63) is 52.9 Å². The molecule has 146 valence electrons. The van der Waals surface area contributed by atoms with Crippen LogP contribution in [-0.4, -0.2) is 28.0 Å². The molecule has 8 heteroatoms. The van der Waals surface area contributed by atoms with Crippen molar-refractivity contribution in [1.29, 1.82) is 0 Å². The fourth-order valence-corrected chi connectivity index (χ4v) is 3.26. The number of carbonyl (C=O) groups excluding carboxylic acids is 1. The van der Waals surface area contributed by atoms with Crippen molar-refractivity contribution in [2.75, 3.05) is 5.32 Å². The molecule has 1 aromatic carbocycles. The van der Waals surface area contributed by atoms with E-state index in [2.05, 4.69) is 20.6 Å². The maximum absolute atomic E-state index is 13.3. The summed E-state index contributed by atoms with van der Waals surface area (Å²) < 4.78 is 26.2. The first-order chi connectivity index (χ1) is 12.4. The summed E-state index contributed by atoms with van der Waals surface area (Å²) in [6.45, 7) is 3.87. The van der Waals surface area contributed by atoms with Gasteiger partial charge in [-0.15, -0.1) is 12.4 Å². The van der Waals surface area contributed by atoms with Gasteiger partial charge in [0.05, 0.1) is 0 Å². The number of rotatable bonds is 4. The lowest BCUT2D eigenvalue weighted by Crippen LogP contribution is -2.40. The highest BCUT2D eigenvalue weighted by Crippen LogP contribution is 2.22. The summed E-state index contributed by atoms with van der Waals surface area (Å²) in [5, 5.41) is 6.25. The number of carbonyl (C=O) groups is 1. The Morgan fingerprint density at radius 3 is 2.15 bits per heavy atom. The number of halogens is 3. The Morgan fingerprint density at radius 1 is 0.963 bits per heavy atom. The van der Waals surface area contributed by atoms with E-state index in [0.717, 1.165) is 49.2 Å². The summed E-state index contributed by atoms with van der Waals surface area (Å²) in [5.41, 5.74) is 1.98. The predicted molar refractivity (Wildman–Crippen MR) is 102 cm³/mol. The maximum Gasteiger partial charge on any atom is 0.251 e. The number of nitrogens with zero attached hydrogens (tertiary/aromatic N) is 2. The molecule has 1 aromatic heterocycles. The second kappa shape index (κ2) is 9.08. The van der Waals surface area contributed by atoms with Crippen LogP contribution < -0.4 is 10.6 Å². The third-order valence-electron chi connectivity index (χ3n) is 4.56. The smallest absolute Gasteiger partial charge is 0.251 e. The van der Waals surface area contributed by atoms with Crippen molar-refractivity contribution in [3.63, 3.8) is 0 Å². The monoisotopic (exact) mass is 396 g/mol. The Labute approximate surface area is 163 Å². The largest absolute Gasteiger partial charge is 0.351 e. The Kier molecular flexibility index (Phi) is 7.07. The zero-order valence-electron chi connectivity index (χ0n) is 15.3. The lowest BCUT2D eigenvalue weighted by molar-refractivity contribution is 0.0926. The molecule has 0 unspecified atom stereocenters. The highest BCUT2D eigenvalue weighted by molar-refractivity contribution is 5.94. The van der Waals surface area contributed by atoms with Gasteiger partial charge in [0.1, 0.15) is 0 Å². The van der Waals surface area contributed by atoms with E-state index < -0.39 is 11.6 Å². The third-order valence-corrected chi connectivity index (χ3v) is 4.56. The van der Waals surface area contributed by atoms with Gasteiger partial charge in [0.25, 0.3) is 5.91 Å².